The van der Waals surface area contributed by atoms with Crippen LogP contribution in [-0.4, -0.2) is 39.4 Å². The number of aromatic nitrogens is 2. The van der Waals surface area contributed by atoms with Gasteiger partial charge in [-0.2, -0.15) is 0 Å². The van der Waals surface area contributed by atoms with Gasteiger partial charge in [0.2, 0.25) is 0 Å². The lowest BCUT2D eigenvalue weighted by atomic mass is 9.67. The first-order valence-electron chi connectivity index (χ1n) is 14.9. The van der Waals surface area contributed by atoms with E-state index in [9.17, 15) is 9.59 Å². The Labute approximate surface area is 230 Å². The summed E-state index contributed by atoms with van der Waals surface area (Å²) in [4.78, 5) is 33.1. The molecule has 1 spiro atoms. The molecular weight excluding hydrogens is 484 g/mol. The highest BCUT2D eigenvalue weighted by atomic mass is 16.2. The molecule has 1 aromatic heterocycles. The molecule has 3 aromatic rings. The molecule has 3 fully saturated rings. The number of carbonyl (C=O) groups excluding carboxylic acids is 2. The SMILES string of the molecule is O=C(NC1CCc2ccc(C(=O)N3CCC4(CCC(n5ccnc5)CC4)CC3)cc21)c1ccccc1C1CC1. The normalized spacial score (nSPS) is 22.6. The summed E-state index contributed by atoms with van der Waals surface area (Å²) in [6.07, 6.45) is 17.1. The van der Waals surface area contributed by atoms with Crippen molar-refractivity contribution in [2.45, 2.75) is 82.2 Å². The highest BCUT2D eigenvalue weighted by molar-refractivity contribution is 5.97. The number of likely N-dealkylation sites (tertiary alicyclic amines) is 1. The van der Waals surface area contributed by atoms with Crippen LogP contribution in [0.1, 0.15) is 113 Å². The van der Waals surface area contributed by atoms with Crippen molar-refractivity contribution in [1.29, 1.82) is 0 Å². The number of hydrogen-bond donors (Lipinski definition) is 1. The zero-order chi connectivity index (χ0) is 26.4. The van der Waals surface area contributed by atoms with E-state index in [0.29, 0.717) is 17.4 Å². The van der Waals surface area contributed by atoms with E-state index in [1.54, 1.807) is 0 Å². The predicted molar refractivity (Wildman–Crippen MR) is 151 cm³/mol. The summed E-state index contributed by atoms with van der Waals surface area (Å²) in [5, 5.41) is 3.30. The first kappa shape index (κ1) is 24.6. The van der Waals surface area contributed by atoms with E-state index in [1.165, 1.54) is 49.7 Å². The van der Waals surface area contributed by atoms with Gasteiger partial charge in [-0.05, 0) is 110 Å². The second-order valence-electron chi connectivity index (χ2n) is 12.4. The highest BCUT2D eigenvalue weighted by Crippen LogP contribution is 2.48. The molecule has 6 heteroatoms. The first-order chi connectivity index (χ1) is 19.1. The summed E-state index contributed by atoms with van der Waals surface area (Å²) in [6, 6.07) is 14.7. The topological polar surface area (TPSA) is 67.2 Å². The van der Waals surface area contributed by atoms with Crippen LogP contribution >= 0.6 is 0 Å². The van der Waals surface area contributed by atoms with Crippen molar-refractivity contribution in [1.82, 2.24) is 19.8 Å². The minimum Gasteiger partial charge on any atom is -0.345 e. The third-order valence-corrected chi connectivity index (χ3v) is 10.1. The molecule has 1 aliphatic heterocycles. The van der Waals surface area contributed by atoms with Gasteiger partial charge in [0.1, 0.15) is 0 Å². The van der Waals surface area contributed by atoms with E-state index < -0.39 is 0 Å². The smallest absolute Gasteiger partial charge is 0.253 e. The summed E-state index contributed by atoms with van der Waals surface area (Å²) in [5.74, 6) is 0.675. The Bertz CT molecular complexity index is 1360. The number of rotatable bonds is 5. The lowest BCUT2D eigenvalue weighted by Crippen LogP contribution is -2.44. The van der Waals surface area contributed by atoms with E-state index in [0.717, 1.165) is 55.5 Å². The van der Waals surface area contributed by atoms with Gasteiger partial charge in [0, 0.05) is 42.7 Å². The Balaban J connectivity index is 0.994. The van der Waals surface area contributed by atoms with E-state index in [2.05, 4.69) is 44.2 Å². The maximum absolute atomic E-state index is 13.6. The maximum atomic E-state index is 13.6. The Morgan fingerprint density at radius 3 is 2.44 bits per heavy atom. The van der Waals surface area contributed by atoms with Crippen LogP contribution in [-0.2, 0) is 6.42 Å². The van der Waals surface area contributed by atoms with Crippen molar-refractivity contribution in [2.24, 2.45) is 5.41 Å². The molecule has 6 nitrogen and oxygen atoms in total. The number of nitrogens with zero attached hydrogens (tertiary/aromatic N) is 3. The molecule has 39 heavy (non-hydrogen) atoms. The molecule has 1 N–H and O–H groups in total. The number of piperidine rings is 1. The molecule has 0 radical (unpaired) electrons. The van der Waals surface area contributed by atoms with Gasteiger partial charge in [-0.15, -0.1) is 0 Å². The van der Waals surface area contributed by atoms with Gasteiger partial charge in [0.25, 0.3) is 11.8 Å². The number of amides is 2. The number of carbonyl (C=O) groups is 2. The van der Waals surface area contributed by atoms with Crippen LogP contribution in [0.4, 0.5) is 0 Å². The summed E-state index contributed by atoms with van der Waals surface area (Å²) in [5.41, 5.74) is 5.49. The predicted octanol–water partition coefficient (Wildman–Crippen LogP) is 6.22. The zero-order valence-corrected chi connectivity index (χ0v) is 22.6. The van der Waals surface area contributed by atoms with Crippen molar-refractivity contribution in [3.63, 3.8) is 0 Å². The molecule has 202 valence electrons. The van der Waals surface area contributed by atoms with E-state index in [1.807, 2.05) is 36.8 Å². The van der Waals surface area contributed by atoms with Crippen molar-refractivity contribution in [2.75, 3.05) is 13.1 Å². The molecule has 3 aliphatic carbocycles. The fourth-order valence-corrected chi connectivity index (χ4v) is 7.44. The molecule has 1 atom stereocenters. The first-order valence-corrected chi connectivity index (χ1v) is 14.9. The number of nitrogens with one attached hydrogen (secondary N) is 1. The van der Waals surface area contributed by atoms with Crippen LogP contribution in [0.15, 0.2) is 61.2 Å². The Kier molecular flexibility index (Phi) is 6.29. The van der Waals surface area contributed by atoms with Crippen LogP contribution in [0.2, 0.25) is 0 Å². The van der Waals surface area contributed by atoms with E-state index in [-0.39, 0.29) is 17.9 Å². The Hall–Kier alpha value is -3.41. The van der Waals surface area contributed by atoms with Crippen LogP contribution in [0.5, 0.6) is 0 Å². The van der Waals surface area contributed by atoms with Crippen molar-refractivity contribution < 1.29 is 9.59 Å². The third-order valence-electron chi connectivity index (χ3n) is 10.1. The fraction of sp³-hybridized carbons (Fsp3) is 0.485. The second-order valence-corrected chi connectivity index (χ2v) is 12.4. The molecular formula is C33H38N4O2. The Morgan fingerprint density at radius 2 is 1.69 bits per heavy atom. The zero-order valence-electron chi connectivity index (χ0n) is 22.6. The quantitative estimate of drug-likeness (QED) is 0.433. The maximum Gasteiger partial charge on any atom is 0.253 e. The fourth-order valence-electron chi connectivity index (χ4n) is 7.44. The molecule has 2 amide bonds. The number of imidazole rings is 1. The van der Waals surface area contributed by atoms with Gasteiger partial charge in [0.15, 0.2) is 0 Å². The van der Waals surface area contributed by atoms with Crippen LogP contribution < -0.4 is 5.32 Å². The molecule has 2 heterocycles. The van der Waals surface area contributed by atoms with Crippen molar-refractivity contribution in [3.05, 3.63) is 89.0 Å². The van der Waals surface area contributed by atoms with Crippen LogP contribution in [0.3, 0.4) is 0 Å². The molecule has 2 saturated carbocycles. The lowest BCUT2D eigenvalue weighted by molar-refractivity contribution is 0.0411. The molecule has 7 rings (SSSR count). The number of fused-ring (bicyclic) bond motifs is 1. The van der Waals surface area contributed by atoms with Gasteiger partial charge in [-0.25, -0.2) is 4.98 Å². The molecule has 1 unspecified atom stereocenters. The van der Waals surface area contributed by atoms with Gasteiger partial charge in [-0.3, -0.25) is 9.59 Å². The second kappa shape index (κ2) is 9.96. The summed E-state index contributed by atoms with van der Waals surface area (Å²) >= 11 is 0. The molecule has 4 aliphatic rings. The molecule has 1 saturated heterocycles. The largest absolute Gasteiger partial charge is 0.345 e. The summed E-state index contributed by atoms with van der Waals surface area (Å²) in [7, 11) is 0. The number of benzene rings is 2. The van der Waals surface area contributed by atoms with Gasteiger partial charge < -0.3 is 14.8 Å². The van der Waals surface area contributed by atoms with E-state index in [4.69, 9.17) is 0 Å². The number of hydrogen-bond acceptors (Lipinski definition) is 3. The van der Waals surface area contributed by atoms with Gasteiger partial charge >= 0.3 is 0 Å². The third kappa shape index (κ3) is 4.79. The number of aryl methyl sites for hydroxylation is 1. The minimum atomic E-state index is -0.0391. The Morgan fingerprint density at radius 1 is 0.897 bits per heavy atom. The highest BCUT2D eigenvalue weighted by Gasteiger charge is 2.39. The van der Waals surface area contributed by atoms with Crippen molar-refractivity contribution >= 4 is 11.8 Å². The average Bonchev–Trinajstić information content (AvgIpc) is 3.53. The summed E-state index contributed by atoms with van der Waals surface area (Å²) < 4.78 is 2.26. The molecule has 0 bridgehead atoms. The summed E-state index contributed by atoms with van der Waals surface area (Å²) in [6.45, 7) is 1.67. The van der Waals surface area contributed by atoms with E-state index >= 15 is 0 Å². The van der Waals surface area contributed by atoms with Crippen molar-refractivity contribution in [3.8, 4) is 0 Å². The van der Waals surface area contributed by atoms with Gasteiger partial charge in [0.05, 0.1) is 12.4 Å². The lowest BCUT2D eigenvalue weighted by Gasteiger charge is -2.46. The van der Waals surface area contributed by atoms with Crippen LogP contribution in [0.25, 0.3) is 0 Å². The standard InChI is InChI=1S/C33H38N4O2/c38-31(28-4-2-1-3-27(28)23-5-6-23)35-30-10-9-24-7-8-25(21-29(24)30)32(39)36-18-15-33(16-19-36)13-11-26(12-14-33)37-20-17-34-22-37/h1-4,7-8,17,20-23,26,30H,5-6,9-16,18-19H2,(H,35,38). The minimum absolute atomic E-state index is 0.0103. The van der Waals surface area contributed by atoms with Gasteiger partial charge in [-0.1, -0.05) is 24.3 Å². The molecule has 2 aromatic carbocycles. The monoisotopic (exact) mass is 522 g/mol. The van der Waals surface area contributed by atoms with Crippen LogP contribution in [0, 0.1) is 5.41 Å². The average molecular weight is 523 g/mol.